The van der Waals surface area contributed by atoms with E-state index in [1.165, 1.54) is 5.57 Å². The molecular formula is C26H24N4O. The van der Waals surface area contributed by atoms with Crippen molar-refractivity contribution in [1.29, 1.82) is 5.26 Å². The minimum absolute atomic E-state index is 0.0472. The molecule has 1 aromatic carbocycles. The molecule has 2 aliphatic heterocycles. The van der Waals surface area contributed by atoms with Crippen molar-refractivity contribution >= 4 is 23.4 Å². The Morgan fingerprint density at radius 1 is 1.29 bits per heavy atom. The maximum Gasteiger partial charge on any atom is 0.246 e. The summed E-state index contributed by atoms with van der Waals surface area (Å²) >= 11 is 0. The van der Waals surface area contributed by atoms with E-state index in [9.17, 15) is 10.1 Å². The Hall–Kier alpha value is -3.65. The second-order valence-electron chi connectivity index (χ2n) is 8.56. The molecule has 154 valence electrons. The Kier molecular flexibility index (Phi) is 4.91. The van der Waals surface area contributed by atoms with Crippen LogP contribution in [0.3, 0.4) is 0 Å². The summed E-state index contributed by atoms with van der Waals surface area (Å²) in [5.41, 5.74) is 6.10. The molecular weight excluding hydrogens is 384 g/mol. The number of rotatable bonds is 3. The van der Waals surface area contributed by atoms with Crippen LogP contribution in [0.2, 0.25) is 0 Å². The summed E-state index contributed by atoms with van der Waals surface area (Å²) < 4.78 is 0. The predicted molar refractivity (Wildman–Crippen MR) is 122 cm³/mol. The van der Waals surface area contributed by atoms with Gasteiger partial charge in [-0.2, -0.15) is 5.26 Å². The molecule has 31 heavy (non-hydrogen) atoms. The van der Waals surface area contributed by atoms with Crippen molar-refractivity contribution in [3.8, 4) is 6.07 Å². The number of carbonyl (C=O) groups is 1. The van der Waals surface area contributed by atoms with Gasteiger partial charge in [0.15, 0.2) is 0 Å². The molecule has 2 aromatic rings. The van der Waals surface area contributed by atoms with Crippen LogP contribution in [-0.2, 0) is 11.2 Å². The number of anilines is 1. The van der Waals surface area contributed by atoms with Crippen molar-refractivity contribution in [2.75, 3.05) is 18.4 Å². The lowest BCUT2D eigenvalue weighted by Crippen LogP contribution is -2.27. The molecule has 5 nitrogen and oxygen atoms in total. The number of benzene rings is 1. The number of amides is 1. The molecule has 1 aromatic heterocycles. The van der Waals surface area contributed by atoms with Gasteiger partial charge in [-0.25, -0.2) is 4.98 Å². The first kappa shape index (κ1) is 19.3. The zero-order valence-corrected chi connectivity index (χ0v) is 17.3. The van der Waals surface area contributed by atoms with E-state index in [0.717, 1.165) is 66.1 Å². The van der Waals surface area contributed by atoms with Gasteiger partial charge in [0.1, 0.15) is 5.82 Å². The number of pyridine rings is 1. The number of nitrogens with zero attached hydrogens (tertiary/aromatic N) is 3. The van der Waals surface area contributed by atoms with E-state index in [2.05, 4.69) is 35.1 Å². The first-order valence-electron chi connectivity index (χ1n) is 10.7. The van der Waals surface area contributed by atoms with Crippen molar-refractivity contribution in [2.24, 2.45) is 11.8 Å². The van der Waals surface area contributed by atoms with E-state index in [-0.39, 0.29) is 5.91 Å². The predicted octanol–water partition coefficient (Wildman–Crippen LogP) is 4.40. The quantitative estimate of drug-likeness (QED) is 0.765. The SMILES string of the molecule is C=C1CCc2cc(/C=C/C(=O)N3CC4C=C(c5ccccc5C#N)CC4C3)cnc2N1. The molecule has 1 N–H and O–H groups in total. The molecule has 2 atom stereocenters. The molecule has 1 amide bonds. The number of fused-ring (bicyclic) bond motifs is 2. The van der Waals surface area contributed by atoms with Gasteiger partial charge in [0.25, 0.3) is 0 Å². The molecule has 3 aliphatic rings. The third kappa shape index (κ3) is 3.77. The molecule has 0 radical (unpaired) electrons. The van der Waals surface area contributed by atoms with Crippen LogP contribution in [0.4, 0.5) is 5.82 Å². The molecule has 0 spiro atoms. The number of nitriles is 1. The second-order valence-corrected chi connectivity index (χ2v) is 8.56. The summed E-state index contributed by atoms with van der Waals surface area (Å²) in [5, 5.41) is 12.6. The first-order valence-corrected chi connectivity index (χ1v) is 10.7. The zero-order valence-electron chi connectivity index (χ0n) is 17.3. The van der Waals surface area contributed by atoms with Crippen LogP contribution >= 0.6 is 0 Å². The number of aromatic nitrogens is 1. The zero-order chi connectivity index (χ0) is 21.4. The summed E-state index contributed by atoms with van der Waals surface area (Å²) in [6.45, 7) is 5.46. The highest BCUT2D eigenvalue weighted by molar-refractivity contribution is 5.92. The number of nitrogens with one attached hydrogen (secondary N) is 1. The maximum absolute atomic E-state index is 12.8. The molecule has 0 saturated carbocycles. The summed E-state index contributed by atoms with van der Waals surface area (Å²) in [5.74, 6) is 1.71. The van der Waals surface area contributed by atoms with Crippen LogP contribution in [0.5, 0.6) is 0 Å². The maximum atomic E-state index is 12.8. The summed E-state index contributed by atoms with van der Waals surface area (Å²) in [6, 6.07) is 12.1. The Labute approximate surface area is 182 Å². The lowest BCUT2D eigenvalue weighted by atomic mass is 9.96. The van der Waals surface area contributed by atoms with E-state index < -0.39 is 0 Å². The average Bonchev–Trinajstić information content (AvgIpc) is 3.37. The molecule has 3 heterocycles. The van der Waals surface area contributed by atoms with E-state index in [1.807, 2.05) is 35.2 Å². The van der Waals surface area contributed by atoms with E-state index in [1.54, 1.807) is 12.3 Å². The summed E-state index contributed by atoms with van der Waals surface area (Å²) in [7, 11) is 0. The Morgan fingerprint density at radius 2 is 2.16 bits per heavy atom. The fourth-order valence-electron chi connectivity index (χ4n) is 4.86. The van der Waals surface area contributed by atoms with Gasteiger partial charge >= 0.3 is 0 Å². The number of carbonyl (C=O) groups excluding carboxylic acids is 1. The van der Waals surface area contributed by atoms with Gasteiger partial charge < -0.3 is 10.2 Å². The van der Waals surface area contributed by atoms with Crippen LogP contribution < -0.4 is 5.32 Å². The number of allylic oxidation sites excluding steroid dienone is 2. The summed E-state index contributed by atoms with van der Waals surface area (Å²) in [6.07, 6.45) is 10.3. The van der Waals surface area contributed by atoms with E-state index in [4.69, 9.17) is 0 Å². The minimum Gasteiger partial charge on any atom is -0.344 e. The van der Waals surface area contributed by atoms with Gasteiger partial charge in [-0.3, -0.25) is 4.79 Å². The fraction of sp³-hybridized carbons (Fsp3) is 0.269. The highest BCUT2D eigenvalue weighted by Crippen LogP contribution is 2.41. The van der Waals surface area contributed by atoms with Crippen molar-refractivity contribution in [3.05, 3.63) is 83.2 Å². The normalized spacial score (nSPS) is 22.0. The van der Waals surface area contributed by atoms with Crippen LogP contribution in [0.15, 0.2) is 61.0 Å². The molecule has 0 bridgehead atoms. The second kappa shape index (κ2) is 7.88. The summed E-state index contributed by atoms with van der Waals surface area (Å²) in [4.78, 5) is 19.2. The monoisotopic (exact) mass is 408 g/mol. The van der Waals surface area contributed by atoms with Gasteiger partial charge in [-0.1, -0.05) is 30.9 Å². The van der Waals surface area contributed by atoms with Crippen LogP contribution in [-0.4, -0.2) is 28.9 Å². The Morgan fingerprint density at radius 3 is 3.00 bits per heavy atom. The molecule has 2 unspecified atom stereocenters. The number of hydrogen-bond acceptors (Lipinski definition) is 4. The highest BCUT2D eigenvalue weighted by Gasteiger charge is 2.38. The van der Waals surface area contributed by atoms with Crippen molar-refractivity contribution in [3.63, 3.8) is 0 Å². The molecule has 5 rings (SSSR count). The largest absolute Gasteiger partial charge is 0.344 e. The van der Waals surface area contributed by atoms with Crippen molar-refractivity contribution < 1.29 is 4.79 Å². The van der Waals surface area contributed by atoms with Crippen molar-refractivity contribution in [2.45, 2.75) is 19.3 Å². The van der Waals surface area contributed by atoms with Crippen LogP contribution in [0, 0.1) is 23.2 Å². The lowest BCUT2D eigenvalue weighted by Gasteiger charge is -2.19. The molecule has 1 saturated heterocycles. The smallest absolute Gasteiger partial charge is 0.246 e. The number of hydrogen-bond donors (Lipinski definition) is 1. The van der Waals surface area contributed by atoms with Gasteiger partial charge in [0.05, 0.1) is 11.6 Å². The third-order valence-corrected chi connectivity index (χ3v) is 6.49. The first-order chi connectivity index (χ1) is 15.1. The molecule has 5 heteroatoms. The standard InChI is InChI=1S/C26H24N4O/c1-17-6-8-19-10-18(14-28-26(19)29-17)7-9-25(31)30-15-22-11-21(12-23(22)16-30)24-5-3-2-4-20(24)13-27/h2-5,7,9-11,14,22-23H,1,6,8,12,15-16H2,(H,28,29)/b9-7+. The fourth-order valence-corrected chi connectivity index (χ4v) is 4.86. The average molecular weight is 409 g/mol. The van der Waals surface area contributed by atoms with E-state index in [0.29, 0.717) is 11.8 Å². The molecule has 1 fully saturated rings. The van der Waals surface area contributed by atoms with Crippen LogP contribution in [0.1, 0.15) is 35.1 Å². The lowest BCUT2D eigenvalue weighted by molar-refractivity contribution is -0.125. The Bertz CT molecular complexity index is 1170. The van der Waals surface area contributed by atoms with Gasteiger partial charge in [0.2, 0.25) is 5.91 Å². The van der Waals surface area contributed by atoms with Crippen LogP contribution in [0.25, 0.3) is 11.6 Å². The van der Waals surface area contributed by atoms with E-state index >= 15 is 0 Å². The third-order valence-electron chi connectivity index (χ3n) is 6.49. The number of likely N-dealkylation sites (tertiary alicyclic amines) is 1. The minimum atomic E-state index is 0.0472. The topological polar surface area (TPSA) is 69.0 Å². The van der Waals surface area contributed by atoms with Crippen molar-refractivity contribution in [1.82, 2.24) is 9.88 Å². The van der Waals surface area contributed by atoms with Gasteiger partial charge in [-0.15, -0.1) is 0 Å². The highest BCUT2D eigenvalue weighted by atomic mass is 16.2. The van der Waals surface area contributed by atoms with Gasteiger partial charge in [-0.05, 0) is 71.6 Å². The Balaban J connectivity index is 1.24. The molecule has 1 aliphatic carbocycles. The van der Waals surface area contributed by atoms with Gasteiger partial charge in [0, 0.05) is 31.1 Å². The number of aryl methyl sites for hydroxylation is 1.